The van der Waals surface area contributed by atoms with Gasteiger partial charge in [-0.2, -0.15) is 13.5 Å². The first-order valence-electron chi connectivity index (χ1n) is 12.7. The van der Waals surface area contributed by atoms with Crippen molar-refractivity contribution < 1.29 is 31.8 Å². The highest BCUT2D eigenvalue weighted by molar-refractivity contribution is 7.89. The third-order valence-corrected chi connectivity index (χ3v) is 8.70. The molecule has 1 atom stereocenters. The van der Waals surface area contributed by atoms with Crippen molar-refractivity contribution in [2.24, 2.45) is 0 Å². The molecule has 1 aliphatic rings. The maximum Gasteiger partial charge on any atom is 0.328 e. The van der Waals surface area contributed by atoms with Crippen LogP contribution in [0.25, 0.3) is 21.9 Å². The zero-order valence-electron chi connectivity index (χ0n) is 21.2. The van der Waals surface area contributed by atoms with E-state index in [9.17, 15) is 18.3 Å². The lowest BCUT2D eigenvalue weighted by molar-refractivity contribution is -0.150. The van der Waals surface area contributed by atoms with Crippen molar-refractivity contribution in [3.8, 4) is 16.9 Å². The molecule has 0 heterocycles. The van der Waals surface area contributed by atoms with Crippen molar-refractivity contribution in [3.63, 3.8) is 0 Å². The number of alkyl halides is 2. The minimum Gasteiger partial charge on any atom is -0.490 e. The molecule has 0 saturated heterocycles. The molecule has 0 amide bonds. The number of aliphatic carboxylic acids is 1. The molecule has 10 heteroatoms. The Labute approximate surface area is 235 Å². The fourth-order valence-electron chi connectivity index (χ4n) is 4.84. The smallest absolute Gasteiger partial charge is 0.328 e. The van der Waals surface area contributed by atoms with Gasteiger partial charge in [0.1, 0.15) is 5.75 Å². The molecule has 0 bridgehead atoms. The number of sulfonamides is 1. The molecule has 4 aromatic carbocycles. The van der Waals surface area contributed by atoms with Crippen LogP contribution in [0.4, 0.5) is 8.78 Å². The average Bonchev–Trinajstić information content (AvgIpc) is 3.45. The maximum absolute atomic E-state index is 15.4. The standard InChI is InChI=1S/C30H26ClF2NO5S/c31-24-13-7-20(8-14-24)19-5-11-23(12-6-19)30(32,33)28(29(35)36)34-40(37,38)27-16-10-21-17-26(15-9-22(21)18-27)39-25-3-1-2-4-25/h5-18,25,28,34H,1-4H2,(H,35,36). The summed E-state index contributed by atoms with van der Waals surface area (Å²) in [6, 6.07) is 18.3. The van der Waals surface area contributed by atoms with Crippen LogP contribution >= 0.6 is 11.6 Å². The Morgan fingerprint density at radius 3 is 2.10 bits per heavy atom. The third kappa shape index (κ3) is 5.96. The van der Waals surface area contributed by atoms with Gasteiger partial charge in [-0.1, -0.05) is 60.1 Å². The highest BCUT2D eigenvalue weighted by atomic mass is 35.5. The molecule has 1 saturated carbocycles. The zero-order chi connectivity index (χ0) is 28.5. The van der Waals surface area contributed by atoms with Gasteiger partial charge in [-0.25, -0.2) is 8.42 Å². The van der Waals surface area contributed by atoms with E-state index in [-0.39, 0.29) is 11.0 Å². The Morgan fingerprint density at radius 1 is 0.900 bits per heavy atom. The van der Waals surface area contributed by atoms with Crippen molar-refractivity contribution in [3.05, 3.63) is 95.5 Å². The summed E-state index contributed by atoms with van der Waals surface area (Å²) in [4.78, 5) is 11.6. The van der Waals surface area contributed by atoms with Crippen molar-refractivity contribution in [2.45, 2.75) is 48.6 Å². The van der Waals surface area contributed by atoms with Crippen LogP contribution in [0.2, 0.25) is 5.02 Å². The minimum atomic E-state index is -4.63. The molecule has 0 aromatic heterocycles. The molecule has 1 aliphatic carbocycles. The van der Waals surface area contributed by atoms with E-state index in [0.29, 0.717) is 27.1 Å². The number of rotatable bonds is 9. The van der Waals surface area contributed by atoms with Gasteiger partial charge < -0.3 is 9.84 Å². The Hall–Kier alpha value is -3.53. The van der Waals surface area contributed by atoms with Gasteiger partial charge in [-0.05, 0) is 84.0 Å². The van der Waals surface area contributed by atoms with Gasteiger partial charge in [-0.15, -0.1) is 0 Å². The molecule has 208 valence electrons. The lowest BCUT2D eigenvalue weighted by atomic mass is 9.98. The van der Waals surface area contributed by atoms with Crippen LogP contribution in [0.15, 0.2) is 89.8 Å². The van der Waals surface area contributed by atoms with Crippen molar-refractivity contribution >= 4 is 38.4 Å². The lowest BCUT2D eigenvalue weighted by Gasteiger charge is -2.25. The topological polar surface area (TPSA) is 92.7 Å². The number of hydrogen-bond acceptors (Lipinski definition) is 4. The molecule has 0 radical (unpaired) electrons. The Kier molecular flexibility index (Phi) is 7.81. The zero-order valence-corrected chi connectivity index (χ0v) is 22.8. The number of nitrogens with one attached hydrogen (secondary N) is 1. The normalized spacial score (nSPS) is 15.3. The molecule has 4 aromatic rings. The molecule has 6 nitrogen and oxygen atoms in total. The van der Waals surface area contributed by atoms with Gasteiger partial charge in [0, 0.05) is 10.6 Å². The first kappa shape index (κ1) is 28.0. The number of ether oxygens (including phenoxy) is 1. The van der Waals surface area contributed by atoms with Crippen molar-refractivity contribution in [1.82, 2.24) is 4.72 Å². The number of carboxylic acid groups (broad SMARTS) is 1. The van der Waals surface area contributed by atoms with E-state index < -0.39 is 33.5 Å². The Morgan fingerprint density at radius 2 is 1.48 bits per heavy atom. The second-order valence-corrected chi connectivity index (χ2v) is 11.9. The van der Waals surface area contributed by atoms with E-state index in [1.165, 1.54) is 30.3 Å². The maximum atomic E-state index is 15.4. The van der Waals surface area contributed by atoms with Crippen molar-refractivity contribution in [1.29, 1.82) is 0 Å². The summed E-state index contributed by atoms with van der Waals surface area (Å²) in [6.45, 7) is 0. The summed E-state index contributed by atoms with van der Waals surface area (Å²) in [5.74, 6) is -5.40. The van der Waals surface area contributed by atoms with E-state index in [2.05, 4.69) is 0 Å². The van der Waals surface area contributed by atoms with Gasteiger partial charge in [-0.3, -0.25) is 4.79 Å². The van der Waals surface area contributed by atoms with Crippen LogP contribution < -0.4 is 9.46 Å². The van der Waals surface area contributed by atoms with E-state index in [4.69, 9.17) is 16.3 Å². The van der Waals surface area contributed by atoms with E-state index in [1.807, 2.05) is 0 Å². The number of halogens is 3. The Balaban J connectivity index is 1.37. The Bertz CT molecular complexity index is 1640. The van der Waals surface area contributed by atoms with Gasteiger partial charge >= 0.3 is 5.97 Å². The summed E-state index contributed by atoms with van der Waals surface area (Å²) >= 11 is 5.89. The largest absolute Gasteiger partial charge is 0.490 e. The third-order valence-electron chi connectivity index (χ3n) is 7.03. The molecular weight excluding hydrogens is 560 g/mol. The molecule has 2 N–H and O–H groups in total. The monoisotopic (exact) mass is 585 g/mol. The fraction of sp³-hybridized carbons (Fsp3) is 0.233. The predicted octanol–water partition coefficient (Wildman–Crippen LogP) is 7.01. The van der Waals surface area contributed by atoms with Crippen LogP contribution in [0.3, 0.4) is 0 Å². The number of carbonyl (C=O) groups is 1. The van der Waals surface area contributed by atoms with Crippen LogP contribution in [0.5, 0.6) is 5.75 Å². The second kappa shape index (κ2) is 11.2. The average molecular weight is 586 g/mol. The molecular formula is C30H26ClF2NO5S. The van der Waals surface area contributed by atoms with Crippen LogP contribution in [-0.4, -0.2) is 31.6 Å². The van der Waals surface area contributed by atoms with Gasteiger partial charge in [0.15, 0.2) is 6.04 Å². The molecule has 1 unspecified atom stereocenters. The molecule has 40 heavy (non-hydrogen) atoms. The number of carboxylic acids is 1. The number of benzene rings is 4. The van der Waals surface area contributed by atoms with E-state index in [1.54, 1.807) is 47.2 Å². The number of fused-ring (bicyclic) bond motifs is 1. The van der Waals surface area contributed by atoms with Gasteiger partial charge in [0.25, 0.3) is 5.92 Å². The summed E-state index contributed by atoms with van der Waals surface area (Å²) in [7, 11) is -4.63. The summed E-state index contributed by atoms with van der Waals surface area (Å²) in [5.41, 5.74) is 0.688. The summed E-state index contributed by atoms with van der Waals surface area (Å²) in [5, 5.41) is 11.4. The molecule has 0 spiro atoms. The SMILES string of the molecule is O=C(O)C(NS(=O)(=O)c1ccc2cc(OC3CCCC3)ccc2c1)C(F)(F)c1ccc(-c2ccc(Cl)cc2)cc1. The van der Waals surface area contributed by atoms with Gasteiger partial charge in [0.05, 0.1) is 11.0 Å². The van der Waals surface area contributed by atoms with Crippen LogP contribution in [0.1, 0.15) is 31.2 Å². The minimum absolute atomic E-state index is 0.157. The van der Waals surface area contributed by atoms with Crippen molar-refractivity contribution in [2.75, 3.05) is 0 Å². The van der Waals surface area contributed by atoms with Crippen LogP contribution in [0, 0.1) is 0 Å². The van der Waals surface area contributed by atoms with E-state index >= 15 is 8.78 Å². The van der Waals surface area contributed by atoms with Crippen LogP contribution in [-0.2, 0) is 20.7 Å². The quantitative estimate of drug-likeness (QED) is 0.220. The summed E-state index contributed by atoms with van der Waals surface area (Å²) < 4.78 is 64.7. The highest BCUT2D eigenvalue weighted by Crippen LogP contribution is 2.35. The molecule has 0 aliphatic heterocycles. The fourth-order valence-corrected chi connectivity index (χ4v) is 6.19. The molecule has 5 rings (SSSR count). The van der Waals surface area contributed by atoms with E-state index in [0.717, 1.165) is 43.4 Å². The highest BCUT2D eigenvalue weighted by Gasteiger charge is 2.48. The second-order valence-electron chi connectivity index (χ2n) is 9.79. The number of hydrogen-bond donors (Lipinski definition) is 2. The predicted molar refractivity (Wildman–Crippen MR) is 149 cm³/mol. The van der Waals surface area contributed by atoms with Gasteiger partial charge in [0.2, 0.25) is 10.0 Å². The first-order valence-corrected chi connectivity index (χ1v) is 14.6. The molecule has 1 fully saturated rings. The first-order chi connectivity index (χ1) is 19.0. The summed E-state index contributed by atoms with van der Waals surface area (Å²) in [6.07, 6.45) is 4.38. The lowest BCUT2D eigenvalue weighted by Crippen LogP contribution is -2.51.